The molecule has 0 aliphatic heterocycles. The van der Waals surface area contributed by atoms with Gasteiger partial charge in [0, 0.05) is 40.3 Å². The summed E-state index contributed by atoms with van der Waals surface area (Å²) < 4.78 is 1.78. The summed E-state index contributed by atoms with van der Waals surface area (Å²) in [6.45, 7) is 9.96. The lowest BCUT2D eigenvalue weighted by molar-refractivity contribution is 0.0941. The average molecular weight is 563 g/mol. The summed E-state index contributed by atoms with van der Waals surface area (Å²) in [4.78, 5) is 33.0. The molecule has 0 unspecified atom stereocenters. The van der Waals surface area contributed by atoms with Crippen LogP contribution in [0.4, 0.5) is 0 Å². The van der Waals surface area contributed by atoms with E-state index in [2.05, 4.69) is 26.0 Å². The van der Waals surface area contributed by atoms with Crippen LogP contribution in [0.15, 0.2) is 58.7 Å². The van der Waals surface area contributed by atoms with E-state index in [1.165, 1.54) is 11.3 Å². The fourth-order valence-electron chi connectivity index (χ4n) is 4.94. The van der Waals surface area contributed by atoms with Crippen LogP contribution in [0.1, 0.15) is 74.1 Å². The van der Waals surface area contributed by atoms with E-state index in [9.17, 15) is 14.7 Å². The zero-order valence-corrected chi connectivity index (χ0v) is 24.7. The van der Waals surface area contributed by atoms with Crippen LogP contribution < -0.4 is 5.56 Å². The number of aryl methyl sites for hydroxylation is 2. The number of hydrogen-bond donors (Lipinski definition) is 1. The normalized spacial score (nSPS) is 12.2. The molecule has 4 aromatic rings. The number of benzene rings is 2. The number of carbonyl (C=O) groups is 1. The number of thiazole rings is 1. The molecule has 4 rings (SSSR count). The van der Waals surface area contributed by atoms with Gasteiger partial charge in [-0.1, -0.05) is 76.6 Å². The lowest BCUT2D eigenvalue weighted by Crippen LogP contribution is -2.29. The Balaban J connectivity index is 2.05. The first kappa shape index (κ1) is 28.9. The Morgan fingerprint density at radius 2 is 1.69 bits per heavy atom. The van der Waals surface area contributed by atoms with Gasteiger partial charge >= 0.3 is 0 Å². The summed E-state index contributed by atoms with van der Waals surface area (Å²) >= 11 is 7.45. The zero-order chi connectivity index (χ0) is 28.3. The van der Waals surface area contributed by atoms with Crippen LogP contribution in [0.3, 0.4) is 0 Å². The highest BCUT2D eigenvalue weighted by Gasteiger charge is 2.27. The number of rotatable bonds is 10. The van der Waals surface area contributed by atoms with Crippen LogP contribution in [0.5, 0.6) is 0 Å². The molecule has 0 fully saturated rings. The van der Waals surface area contributed by atoms with Crippen molar-refractivity contribution in [1.82, 2.24) is 9.55 Å². The number of nitrogens with zero attached hydrogens (tertiary/aromatic N) is 2. The van der Waals surface area contributed by atoms with Crippen molar-refractivity contribution >= 4 is 28.7 Å². The molecule has 0 saturated heterocycles. The molecule has 0 radical (unpaired) electrons. The van der Waals surface area contributed by atoms with Crippen molar-refractivity contribution < 1.29 is 9.90 Å². The first-order chi connectivity index (χ1) is 18.7. The number of pyridine rings is 1. The summed E-state index contributed by atoms with van der Waals surface area (Å²) in [5.41, 5.74) is 6.04. The van der Waals surface area contributed by atoms with Gasteiger partial charge in [0.05, 0.1) is 16.9 Å². The average Bonchev–Trinajstić information content (AvgIpc) is 3.42. The van der Waals surface area contributed by atoms with Crippen molar-refractivity contribution in [3.05, 3.63) is 91.7 Å². The minimum atomic E-state index is -0.188. The minimum absolute atomic E-state index is 0.0785. The third kappa shape index (κ3) is 5.93. The number of halogens is 1. The Morgan fingerprint density at radius 3 is 2.26 bits per heavy atom. The summed E-state index contributed by atoms with van der Waals surface area (Å²) in [6, 6.07) is 15.3. The van der Waals surface area contributed by atoms with E-state index in [1.807, 2.05) is 56.5 Å². The lowest BCUT2D eigenvalue weighted by Gasteiger charge is -2.24. The summed E-state index contributed by atoms with van der Waals surface area (Å²) in [5.74, 6) is -0.366. The number of ketones is 1. The van der Waals surface area contributed by atoms with Gasteiger partial charge in [0.2, 0.25) is 0 Å². The zero-order valence-electron chi connectivity index (χ0n) is 23.1. The van der Waals surface area contributed by atoms with E-state index in [4.69, 9.17) is 16.6 Å². The Bertz CT molecular complexity index is 1510. The Kier molecular flexibility index (Phi) is 9.21. The molecule has 7 heteroatoms. The Morgan fingerprint density at radius 1 is 1.05 bits per heavy atom. The topological polar surface area (TPSA) is 72.2 Å². The lowest BCUT2D eigenvalue weighted by atomic mass is 9.92. The molecule has 0 aliphatic carbocycles. The fourth-order valence-corrected chi connectivity index (χ4v) is 5.90. The van der Waals surface area contributed by atoms with Gasteiger partial charge in [-0.3, -0.25) is 14.2 Å². The van der Waals surface area contributed by atoms with Gasteiger partial charge in [-0.25, -0.2) is 4.98 Å². The summed E-state index contributed by atoms with van der Waals surface area (Å²) in [7, 11) is 0. The predicted molar refractivity (Wildman–Crippen MR) is 162 cm³/mol. The summed E-state index contributed by atoms with van der Waals surface area (Å²) in [6.07, 6.45) is 1.69. The maximum atomic E-state index is 14.4. The van der Waals surface area contributed by atoms with Crippen molar-refractivity contribution in [1.29, 1.82) is 0 Å². The minimum Gasteiger partial charge on any atom is -0.396 e. The second kappa shape index (κ2) is 12.4. The van der Waals surface area contributed by atoms with E-state index in [-0.39, 0.29) is 36.2 Å². The number of aliphatic hydroxyl groups excluding tert-OH is 1. The number of Topliss-reactive ketones (excluding diaryl/α,β-unsaturated/α-hetero) is 1. The Hall–Kier alpha value is -3.06. The number of aliphatic hydroxyl groups is 1. The third-order valence-electron chi connectivity index (χ3n) is 6.99. The molecular weight excluding hydrogens is 528 g/mol. The van der Waals surface area contributed by atoms with Crippen molar-refractivity contribution in [3.63, 3.8) is 0 Å². The van der Waals surface area contributed by atoms with Crippen LogP contribution in [0, 0.1) is 5.92 Å². The predicted octanol–water partition coefficient (Wildman–Crippen LogP) is 7.73. The highest BCUT2D eigenvalue weighted by atomic mass is 35.5. The van der Waals surface area contributed by atoms with Crippen LogP contribution >= 0.6 is 22.9 Å². The van der Waals surface area contributed by atoms with Crippen molar-refractivity contribution in [2.75, 3.05) is 6.61 Å². The molecule has 0 aliphatic rings. The molecule has 1 N–H and O–H groups in total. The van der Waals surface area contributed by atoms with E-state index in [0.717, 1.165) is 40.9 Å². The monoisotopic (exact) mass is 562 g/mol. The summed E-state index contributed by atoms with van der Waals surface area (Å²) in [5, 5.41) is 12.8. The second-order valence-electron chi connectivity index (χ2n) is 10.2. The van der Waals surface area contributed by atoms with E-state index in [0.29, 0.717) is 26.9 Å². The van der Waals surface area contributed by atoms with Gasteiger partial charge in [0.15, 0.2) is 5.78 Å². The van der Waals surface area contributed by atoms with Gasteiger partial charge in [-0.05, 0) is 54.0 Å². The largest absolute Gasteiger partial charge is 0.396 e. The van der Waals surface area contributed by atoms with E-state index >= 15 is 0 Å². The van der Waals surface area contributed by atoms with Gasteiger partial charge in [-0.15, -0.1) is 11.3 Å². The van der Waals surface area contributed by atoms with Crippen LogP contribution in [0.2, 0.25) is 5.02 Å². The second-order valence-corrected chi connectivity index (χ2v) is 11.5. The molecule has 1 atom stereocenters. The van der Waals surface area contributed by atoms with Gasteiger partial charge in [0.1, 0.15) is 5.01 Å². The number of carbonyl (C=O) groups excluding carboxylic acids is 1. The number of hydrogen-bond acceptors (Lipinski definition) is 5. The first-order valence-electron chi connectivity index (χ1n) is 13.5. The van der Waals surface area contributed by atoms with Gasteiger partial charge in [0.25, 0.3) is 5.56 Å². The third-order valence-corrected chi connectivity index (χ3v) is 8.12. The van der Waals surface area contributed by atoms with Crippen molar-refractivity contribution in [3.8, 4) is 27.5 Å². The van der Waals surface area contributed by atoms with Crippen molar-refractivity contribution in [2.45, 2.75) is 59.8 Å². The molecular formula is C32H35ClN2O3S. The molecule has 2 heterocycles. The molecule has 0 saturated carbocycles. The highest BCUT2D eigenvalue weighted by molar-refractivity contribution is 7.13. The molecule has 0 spiro atoms. The number of para-hydroxylation sites is 1. The molecule has 0 bridgehead atoms. The molecule has 204 valence electrons. The highest BCUT2D eigenvalue weighted by Crippen LogP contribution is 2.33. The molecule has 2 aromatic heterocycles. The fraction of sp³-hybridized carbons (Fsp3) is 0.344. The van der Waals surface area contributed by atoms with Gasteiger partial charge in [-0.2, -0.15) is 0 Å². The number of aromatic nitrogens is 2. The molecule has 5 nitrogen and oxygen atoms in total. The van der Waals surface area contributed by atoms with Gasteiger partial charge < -0.3 is 5.11 Å². The SMILES string of the molecule is CCc1cccc(CC)c1-n1c(C(C)C)c(C(=O)C[C@H](C)CO)cc(-c2nc(-c3ccc(Cl)cc3)cs2)c1=O. The molecule has 39 heavy (non-hydrogen) atoms. The van der Waals surface area contributed by atoms with E-state index in [1.54, 1.807) is 10.6 Å². The Labute approximate surface area is 239 Å². The van der Waals surface area contributed by atoms with Crippen molar-refractivity contribution in [2.24, 2.45) is 5.92 Å². The van der Waals surface area contributed by atoms with Crippen LogP contribution in [-0.4, -0.2) is 27.0 Å². The maximum Gasteiger partial charge on any atom is 0.265 e. The first-order valence-corrected chi connectivity index (χ1v) is 14.7. The van der Waals surface area contributed by atoms with E-state index < -0.39 is 0 Å². The molecule has 2 aromatic carbocycles. The maximum absolute atomic E-state index is 14.4. The quantitative estimate of drug-likeness (QED) is 0.201. The smallest absolute Gasteiger partial charge is 0.265 e. The standard InChI is InChI=1S/C32H35ClN2O3S/c1-6-21-9-8-10-22(7-2)30(21)35-29(19(3)4)25(28(37)15-20(5)17-36)16-26(32(35)38)31-34-27(18-39-31)23-11-13-24(33)14-12-23/h8-14,16,18-20,36H,6-7,15,17H2,1-5H3/t20-/m0/s1. The van der Waals surface area contributed by atoms with Crippen LogP contribution in [-0.2, 0) is 12.8 Å². The van der Waals surface area contributed by atoms with Crippen LogP contribution in [0.25, 0.3) is 27.5 Å². The molecule has 0 amide bonds.